The standard InChI is InChI=1S/C19H27N5O3/c1-19(2,3)26-18(25)24-11-7-15(8-12-24)23(4)13-16-21-17(22-27-16)14-5-9-20-10-6-14/h5-6,9-10,15H,7-8,11-13H2,1-4H3. The molecule has 8 nitrogen and oxygen atoms in total. The number of aromatic nitrogens is 3. The van der Waals surface area contributed by atoms with Crippen molar-refractivity contribution >= 4 is 6.09 Å². The van der Waals surface area contributed by atoms with Crippen LogP contribution in [0.1, 0.15) is 39.5 Å². The Balaban J connectivity index is 1.51. The van der Waals surface area contributed by atoms with Crippen molar-refractivity contribution in [2.45, 2.75) is 51.8 Å². The van der Waals surface area contributed by atoms with Crippen LogP contribution in [0.2, 0.25) is 0 Å². The van der Waals surface area contributed by atoms with E-state index in [-0.39, 0.29) is 6.09 Å². The first-order valence-corrected chi connectivity index (χ1v) is 9.23. The molecule has 1 aliphatic heterocycles. The monoisotopic (exact) mass is 373 g/mol. The minimum atomic E-state index is -0.463. The molecule has 0 saturated carbocycles. The third kappa shape index (κ3) is 5.26. The molecule has 3 rings (SSSR count). The minimum absolute atomic E-state index is 0.234. The van der Waals surface area contributed by atoms with E-state index < -0.39 is 5.60 Å². The second-order valence-electron chi connectivity index (χ2n) is 7.86. The smallest absolute Gasteiger partial charge is 0.410 e. The van der Waals surface area contributed by atoms with Gasteiger partial charge in [-0.15, -0.1) is 0 Å². The maximum atomic E-state index is 12.2. The van der Waals surface area contributed by atoms with Gasteiger partial charge in [-0.25, -0.2) is 4.79 Å². The van der Waals surface area contributed by atoms with Crippen LogP contribution in [0.3, 0.4) is 0 Å². The maximum absolute atomic E-state index is 12.2. The third-order valence-corrected chi connectivity index (χ3v) is 4.53. The number of hydrogen-bond donors (Lipinski definition) is 0. The molecule has 0 aliphatic carbocycles. The Morgan fingerprint density at radius 3 is 2.59 bits per heavy atom. The molecule has 2 aromatic rings. The van der Waals surface area contributed by atoms with E-state index in [9.17, 15) is 4.79 Å². The predicted octanol–water partition coefficient (Wildman–Crippen LogP) is 2.96. The van der Waals surface area contributed by atoms with E-state index in [1.807, 2.05) is 40.0 Å². The molecule has 0 atom stereocenters. The summed E-state index contributed by atoms with van der Waals surface area (Å²) < 4.78 is 10.8. The zero-order valence-corrected chi connectivity index (χ0v) is 16.4. The predicted molar refractivity (Wildman–Crippen MR) is 99.8 cm³/mol. The Bertz CT molecular complexity index is 748. The molecular formula is C19H27N5O3. The van der Waals surface area contributed by atoms with E-state index in [0.717, 1.165) is 18.4 Å². The van der Waals surface area contributed by atoms with Crippen LogP contribution >= 0.6 is 0 Å². The van der Waals surface area contributed by atoms with Gasteiger partial charge in [0, 0.05) is 37.1 Å². The van der Waals surface area contributed by atoms with Gasteiger partial charge in [-0.05, 0) is 52.8 Å². The van der Waals surface area contributed by atoms with Crippen LogP contribution in [0.25, 0.3) is 11.4 Å². The van der Waals surface area contributed by atoms with Gasteiger partial charge in [0.25, 0.3) is 0 Å². The summed E-state index contributed by atoms with van der Waals surface area (Å²) in [6, 6.07) is 4.06. The van der Waals surface area contributed by atoms with E-state index in [1.165, 1.54) is 0 Å². The summed E-state index contributed by atoms with van der Waals surface area (Å²) in [6.07, 6.45) is 4.95. The van der Waals surface area contributed by atoms with Gasteiger partial charge < -0.3 is 14.2 Å². The van der Waals surface area contributed by atoms with E-state index in [2.05, 4.69) is 20.0 Å². The van der Waals surface area contributed by atoms with Crippen LogP contribution in [-0.2, 0) is 11.3 Å². The molecule has 8 heteroatoms. The molecule has 0 bridgehead atoms. The normalized spacial score (nSPS) is 16.0. The summed E-state index contributed by atoms with van der Waals surface area (Å²) in [4.78, 5) is 24.6. The Morgan fingerprint density at radius 2 is 1.96 bits per heavy atom. The van der Waals surface area contributed by atoms with Gasteiger partial charge in [0.1, 0.15) is 5.60 Å². The molecule has 3 heterocycles. The van der Waals surface area contributed by atoms with Gasteiger partial charge in [0.2, 0.25) is 11.7 Å². The number of likely N-dealkylation sites (tertiary alicyclic amines) is 1. The van der Waals surface area contributed by atoms with E-state index in [4.69, 9.17) is 9.26 Å². The first kappa shape index (κ1) is 19.3. The maximum Gasteiger partial charge on any atom is 0.410 e. The van der Waals surface area contributed by atoms with Crippen molar-refractivity contribution in [3.8, 4) is 11.4 Å². The fourth-order valence-electron chi connectivity index (χ4n) is 3.10. The van der Waals surface area contributed by atoms with Crippen molar-refractivity contribution in [3.63, 3.8) is 0 Å². The zero-order valence-electron chi connectivity index (χ0n) is 16.4. The van der Waals surface area contributed by atoms with Crippen LogP contribution in [0.15, 0.2) is 29.0 Å². The number of carbonyl (C=O) groups is 1. The van der Waals surface area contributed by atoms with Crippen molar-refractivity contribution in [2.75, 3.05) is 20.1 Å². The van der Waals surface area contributed by atoms with Crippen LogP contribution in [0.5, 0.6) is 0 Å². The number of piperidine rings is 1. The van der Waals surface area contributed by atoms with Gasteiger partial charge >= 0.3 is 6.09 Å². The lowest BCUT2D eigenvalue weighted by Gasteiger charge is -2.36. The number of rotatable bonds is 4. The van der Waals surface area contributed by atoms with Crippen molar-refractivity contribution in [1.29, 1.82) is 0 Å². The molecule has 27 heavy (non-hydrogen) atoms. The summed E-state index contributed by atoms with van der Waals surface area (Å²) >= 11 is 0. The molecule has 2 aromatic heterocycles. The average Bonchev–Trinajstić information content (AvgIpc) is 3.09. The molecule has 0 spiro atoms. The van der Waals surface area contributed by atoms with E-state index in [1.54, 1.807) is 17.3 Å². The van der Waals surface area contributed by atoms with Crippen LogP contribution in [0, 0.1) is 0 Å². The Labute approximate surface area is 159 Å². The van der Waals surface area contributed by atoms with Crippen LogP contribution in [0.4, 0.5) is 4.79 Å². The zero-order chi connectivity index (χ0) is 19.4. The van der Waals surface area contributed by atoms with Crippen molar-refractivity contribution in [2.24, 2.45) is 0 Å². The van der Waals surface area contributed by atoms with E-state index >= 15 is 0 Å². The number of hydrogen-bond acceptors (Lipinski definition) is 7. The third-order valence-electron chi connectivity index (χ3n) is 4.53. The van der Waals surface area contributed by atoms with E-state index in [0.29, 0.717) is 37.4 Å². The topological polar surface area (TPSA) is 84.6 Å². The van der Waals surface area contributed by atoms with Crippen LogP contribution in [-0.4, -0.2) is 62.8 Å². The fourth-order valence-corrected chi connectivity index (χ4v) is 3.10. The van der Waals surface area contributed by atoms with Gasteiger partial charge in [0.15, 0.2) is 0 Å². The highest BCUT2D eigenvalue weighted by atomic mass is 16.6. The summed E-state index contributed by atoms with van der Waals surface area (Å²) in [5, 5.41) is 4.04. The molecule has 1 aliphatic rings. The molecule has 1 fully saturated rings. The van der Waals surface area contributed by atoms with Gasteiger partial charge in [-0.1, -0.05) is 5.16 Å². The van der Waals surface area contributed by atoms with Crippen LogP contribution < -0.4 is 0 Å². The molecule has 0 N–H and O–H groups in total. The Kier molecular flexibility index (Phi) is 5.74. The lowest BCUT2D eigenvalue weighted by Crippen LogP contribution is -2.46. The second-order valence-corrected chi connectivity index (χ2v) is 7.86. The highest BCUT2D eigenvalue weighted by Crippen LogP contribution is 2.20. The summed E-state index contributed by atoms with van der Waals surface area (Å²) in [5.74, 6) is 1.15. The van der Waals surface area contributed by atoms with Gasteiger partial charge in [-0.3, -0.25) is 9.88 Å². The molecule has 0 unspecified atom stereocenters. The average molecular weight is 373 g/mol. The quantitative estimate of drug-likeness (QED) is 0.814. The van der Waals surface area contributed by atoms with Gasteiger partial charge in [-0.2, -0.15) is 4.98 Å². The molecule has 0 aromatic carbocycles. The van der Waals surface area contributed by atoms with Crippen molar-refractivity contribution in [1.82, 2.24) is 24.9 Å². The fraction of sp³-hybridized carbons (Fsp3) is 0.579. The number of pyridine rings is 1. The summed E-state index contributed by atoms with van der Waals surface area (Å²) in [7, 11) is 2.05. The molecule has 1 amide bonds. The largest absolute Gasteiger partial charge is 0.444 e. The highest BCUT2D eigenvalue weighted by molar-refractivity contribution is 5.68. The Morgan fingerprint density at radius 1 is 1.30 bits per heavy atom. The highest BCUT2D eigenvalue weighted by Gasteiger charge is 2.29. The second kappa shape index (κ2) is 8.04. The summed E-state index contributed by atoms with van der Waals surface area (Å²) in [5.41, 5.74) is 0.420. The SMILES string of the molecule is CN(Cc1nc(-c2ccncc2)no1)C1CCN(C(=O)OC(C)(C)C)CC1. The lowest BCUT2D eigenvalue weighted by molar-refractivity contribution is 0.0148. The molecule has 1 saturated heterocycles. The number of nitrogens with zero attached hydrogens (tertiary/aromatic N) is 5. The Hall–Kier alpha value is -2.48. The first-order valence-electron chi connectivity index (χ1n) is 9.23. The summed E-state index contributed by atoms with van der Waals surface area (Å²) in [6.45, 7) is 7.61. The minimum Gasteiger partial charge on any atom is -0.444 e. The molecular weight excluding hydrogens is 346 g/mol. The van der Waals surface area contributed by atoms with Crippen molar-refractivity contribution in [3.05, 3.63) is 30.4 Å². The number of carbonyl (C=O) groups excluding carboxylic acids is 1. The van der Waals surface area contributed by atoms with Gasteiger partial charge in [0.05, 0.1) is 6.54 Å². The number of amides is 1. The first-order chi connectivity index (χ1) is 12.8. The van der Waals surface area contributed by atoms with Crippen molar-refractivity contribution < 1.29 is 14.1 Å². The number of ether oxygens (including phenoxy) is 1. The molecule has 146 valence electrons. The lowest BCUT2D eigenvalue weighted by atomic mass is 10.0. The molecule has 0 radical (unpaired) electrons.